The van der Waals surface area contributed by atoms with E-state index in [9.17, 15) is 4.79 Å². The number of carbonyl (C=O) groups excluding carboxylic acids is 1. The second-order valence-electron chi connectivity index (χ2n) is 3.33. The van der Waals surface area contributed by atoms with Crippen LogP contribution in [0.2, 0.25) is 0 Å². The van der Waals surface area contributed by atoms with Crippen LogP contribution in [0, 0.1) is 0 Å². The molecule has 0 aromatic carbocycles. The summed E-state index contributed by atoms with van der Waals surface area (Å²) in [5.41, 5.74) is 0. The maximum Gasteiger partial charge on any atom is 0.221 e. The summed E-state index contributed by atoms with van der Waals surface area (Å²) in [6, 6.07) is 3.90. The molecule has 5 nitrogen and oxygen atoms in total. The van der Waals surface area contributed by atoms with Crippen molar-refractivity contribution in [3.05, 3.63) is 23.3 Å². The van der Waals surface area contributed by atoms with E-state index in [1.807, 2.05) is 17.5 Å². The Hall–Kier alpha value is -1.34. The van der Waals surface area contributed by atoms with E-state index in [2.05, 4.69) is 33.1 Å². The molecule has 90 valence electrons. The van der Waals surface area contributed by atoms with Crippen LogP contribution in [-0.4, -0.2) is 26.8 Å². The minimum atomic E-state index is -0.0333. The summed E-state index contributed by atoms with van der Waals surface area (Å²) < 4.78 is 0. The first kappa shape index (κ1) is 12.1. The summed E-state index contributed by atoms with van der Waals surface area (Å²) in [4.78, 5) is 16.5. The first-order valence-corrected chi connectivity index (χ1v) is 6.63. The van der Waals surface area contributed by atoms with Crippen LogP contribution in [0.5, 0.6) is 0 Å². The van der Waals surface area contributed by atoms with Crippen molar-refractivity contribution in [2.45, 2.75) is 13.0 Å². The van der Waals surface area contributed by atoms with Crippen molar-refractivity contribution in [3.8, 4) is 10.7 Å². The minimum absolute atomic E-state index is 0.0333. The number of nitrogens with one attached hydrogen (secondary N) is 2. The van der Waals surface area contributed by atoms with Gasteiger partial charge >= 0.3 is 0 Å². The fourth-order valence-electron chi connectivity index (χ4n) is 1.26. The van der Waals surface area contributed by atoms with Gasteiger partial charge in [-0.1, -0.05) is 6.07 Å². The standard InChI is InChI=1S/C10H12N4OS2/c15-9(3-4-16)11-6-8-12-10(14-13-8)7-2-1-5-17-7/h1-2,5,16H,3-4,6H2,(H,11,15)(H,12,13,14). The lowest BCUT2D eigenvalue weighted by molar-refractivity contribution is -0.120. The quantitative estimate of drug-likeness (QED) is 0.719. The molecule has 0 fully saturated rings. The number of hydrogen-bond acceptors (Lipinski definition) is 5. The van der Waals surface area contributed by atoms with Crippen LogP contribution in [0.1, 0.15) is 12.2 Å². The SMILES string of the molecule is O=C(CCS)NCc1nc(-c2cccs2)n[nH]1. The molecule has 0 atom stereocenters. The summed E-state index contributed by atoms with van der Waals surface area (Å²) in [5.74, 6) is 1.83. The van der Waals surface area contributed by atoms with Gasteiger partial charge in [0.1, 0.15) is 5.82 Å². The number of amides is 1. The summed E-state index contributed by atoms with van der Waals surface area (Å²) >= 11 is 5.57. The van der Waals surface area contributed by atoms with Gasteiger partial charge < -0.3 is 5.32 Å². The van der Waals surface area contributed by atoms with Crippen molar-refractivity contribution in [3.63, 3.8) is 0 Å². The van der Waals surface area contributed by atoms with E-state index < -0.39 is 0 Å². The number of thiophene rings is 1. The Morgan fingerprint density at radius 1 is 1.59 bits per heavy atom. The van der Waals surface area contributed by atoms with Gasteiger partial charge in [0.2, 0.25) is 5.91 Å². The maximum atomic E-state index is 11.2. The van der Waals surface area contributed by atoms with Gasteiger partial charge in [0.15, 0.2) is 5.82 Å². The highest BCUT2D eigenvalue weighted by Gasteiger charge is 2.07. The monoisotopic (exact) mass is 268 g/mol. The van der Waals surface area contributed by atoms with Crippen LogP contribution in [0.3, 0.4) is 0 Å². The van der Waals surface area contributed by atoms with Gasteiger partial charge in [0.25, 0.3) is 0 Å². The third-order valence-electron chi connectivity index (χ3n) is 2.07. The lowest BCUT2D eigenvalue weighted by atomic mass is 10.4. The first-order chi connectivity index (χ1) is 8.29. The molecule has 17 heavy (non-hydrogen) atoms. The van der Waals surface area contributed by atoms with E-state index in [0.717, 1.165) is 4.88 Å². The van der Waals surface area contributed by atoms with Gasteiger partial charge in [0.05, 0.1) is 11.4 Å². The molecule has 0 saturated carbocycles. The third-order valence-corrected chi connectivity index (χ3v) is 3.15. The predicted molar refractivity (Wildman–Crippen MR) is 70.0 cm³/mol. The molecule has 0 bridgehead atoms. The topological polar surface area (TPSA) is 70.7 Å². The molecule has 1 amide bonds. The number of aromatic nitrogens is 3. The molecular weight excluding hydrogens is 256 g/mol. The summed E-state index contributed by atoms with van der Waals surface area (Å²) in [5, 5.41) is 11.6. The Kier molecular flexibility index (Phi) is 4.16. The van der Waals surface area contributed by atoms with Crippen molar-refractivity contribution in [2.24, 2.45) is 0 Å². The number of rotatable bonds is 5. The van der Waals surface area contributed by atoms with Crippen molar-refractivity contribution >= 4 is 29.9 Å². The van der Waals surface area contributed by atoms with Crippen LogP contribution < -0.4 is 5.32 Å². The molecule has 2 aromatic heterocycles. The van der Waals surface area contributed by atoms with Crippen molar-refractivity contribution < 1.29 is 4.79 Å². The number of thiol groups is 1. The van der Waals surface area contributed by atoms with Gasteiger partial charge in [-0.25, -0.2) is 4.98 Å². The van der Waals surface area contributed by atoms with Gasteiger partial charge in [-0.15, -0.1) is 11.3 Å². The minimum Gasteiger partial charge on any atom is -0.349 e. The average Bonchev–Trinajstić information content (AvgIpc) is 2.97. The van der Waals surface area contributed by atoms with Crippen molar-refractivity contribution in [1.82, 2.24) is 20.5 Å². The first-order valence-electron chi connectivity index (χ1n) is 5.12. The number of carbonyl (C=O) groups is 1. The number of nitrogens with zero attached hydrogens (tertiary/aromatic N) is 2. The molecule has 0 radical (unpaired) electrons. The third kappa shape index (κ3) is 3.31. The van der Waals surface area contributed by atoms with Crippen LogP contribution >= 0.6 is 24.0 Å². The molecule has 2 heterocycles. The van der Waals surface area contributed by atoms with Crippen LogP contribution in [0.4, 0.5) is 0 Å². The van der Waals surface area contributed by atoms with E-state index in [4.69, 9.17) is 0 Å². The van der Waals surface area contributed by atoms with Gasteiger partial charge in [-0.05, 0) is 17.2 Å². The highest BCUT2D eigenvalue weighted by Crippen LogP contribution is 2.20. The molecule has 2 N–H and O–H groups in total. The zero-order chi connectivity index (χ0) is 12.1. The van der Waals surface area contributed by atoms with Crippen molar-refractivity contribution in [1.29, 1.82) is 0 Å². The Balaban J connectivity index is 1.93. The van der Waals surface area contributed by atoms with Crippen molar-refractivity contribution in [2.75, 3.05) is 5.75 Å². The molecule has 0 aliphatic heterocycles. The van der Waals surface area contributed by atoms with Crippen LogP contribution in [0.15, 0.2) is 17.5 Å². The summed E-state index contributed by atoms with van der Waals surface area (Å²) in [6.07, 6.45) is 0.412. The van der Waals surface area contributed by atoms with Gasteiger partial charge in [-0.3, -0.25) is 9.89 Å². The van der Waals surface area contributed by atoms with Crippen LogP contribution in [-0.2, 0) is 11.3 Å². The van der Waals surface area contributed by atoms with E-state index >= 15 is 0 Å². The zero-order valence-electron chi connectivity index (χ0n) is 9.01. The molecule has 0 spiro atoms. The Labute approximate surface area is 108 Å². The molecule has 0 unspecified atom stereocenters. The fourth-order valence-corrected chi connectivity index (χ4v) is 2.12. The smallest absolute Gasteiger partial charge is 0.221 e. The highest BCUT2D eigenvalue weighted by molar-refractivity contribution is 7.80. The molecular formula is C10H12N4OS2. The lowest BCUT2D eigenvalue weighted by Gasteiger charge is -1.99. The van der Waals surface area contributed by atoms with E-state index in [-0.39, 0.29) is 5.91 Å². The predicted octanol–water partition coefficient (Wildman–Crippen LogP) is 1.47. The van der Waals surface area contributed by atoms with E-state index in [0.29, 0.717) is 30.4 Å². The van der Waals surface area contributed by atoms with Gasteiger partial charge in [0, 0.05) is 6.42 Å². The molecule has 2 aromatic rings. The molecule has 0 aliphatic carbocycles. The highest BCUT2D eigenvalue weighted by atomic mass is 32.1. The average molecular weight is 268 g/mol. The second-order valence-corrected chi connectivity index (χ2v) is 4.73. The Morgan fingerprint density at radius 2 is 2.47 bits per heavy atom. The molecule has 0 saturated heterocycles. The largest absolute Gasteiger partial charge is 0.349 e. The molecule has 0 aliphatic rings. The van der Waals surface area contributed by atoms with E-state index in [1.165, 1.54) is 0 Å². The summed E-state index contributed by atoms with van der Waals surface area (Å²) in [6.45, 7) is 0.366. The second kappa shape index (κ2) is 5.83. The maximum absolute atomic E-state index is 11.2. The number of H-pyrrole nitrogens is 1. The van der Waals surface area contributed by atoms with Gasteiger partial charge in [-0.2, -0.15) is 17.7 Å². The number of aromatic amines is 1. The van der Waals surface area contributed by atoms with Crippen LogP contribution in [0.25, 0.3) is 10.7 Å². The lowest BCUT2D eigenvalue weighted by Crippen LogP contribution is -2.23. The Bertz CT molecular complexity index is 480. The Morgan fingerprint density at radius 3 is 3.18 bits per heavy atom. The number of hydrogen-bond donors (Lipinski definition) is 3. The zero-order valence-corrected chi connectivity index (χ0v) is 10.7. The normalized spacial score (nSPS) is 10.4. The summed E-state index contributed by atoms with van der Waals surface area (Å²) in [7, 11) is 0. The molecule has 7 heteroatoms. The van der Waals surface area contributed by atoms with E-state index in [1.54, 1.807) is 11.3 Å². The fraction of sp³-hybridized carbons (Fsp3) is 0.300. The molecule has 2 rings (SSSR count).